The lowest BCUT2D eigenvalue weighted by atomic mass is 9.89. The summed E-state index contributed by atoms with van der Waals surface area (Å²) < 4.78 is 19.5. The second-order valence-electron chi connectivity index (χ2n) is 6.51. The number of aromatic nitrogens is 2. The van der Waals surface area contributed by atoms with Gasteiger partial charge in [0.15, 0.2) is 11.6 Å². The van der Waals surface area contributed by atoms with E-state index in [0.717, 1.165) is 12.1 Å². The number of anilines is 1. The molecule has 4 nitrogen and oxygen atoms in total. The Morgan fingerprint density at radius 1 is 1.17 bits per heavy atom. The molecule has 5 heteroatoms. The van der Waals surface area contributed by atoms with Crippen molar-refractivity contribution in [1.29, 1.82) is 0 Å². The summed E-state index contributed by atoms with van der Waals surface area (Å²) in [7, 11) is 0. The second kappa shape index (κ2) is 8.08. The van der Waals surface area contributed by atoms with Crippen LogP contribution in [0.15, 0.2) is 30.5 Å². The quantitative estimate of drug-likeness (QED) is 0.848. The molecule has 1 saturated carbocycles. The molecule has 0 saturated heterocycles. The van der Waals surface area contributed by atoms with Crippen LogP contribution in [0, 0.1) is 18.7 Å². The van der Waals surface area contributed by atoms with Gasteiger partial charge in [-0.3, -0.25) is 0 Å². The zero-order valence-electron chi connectivity index (χ0n) is 14.1. The van der Waals surface area contributed by atoms with Crippen LogP contribution in [0.4, 0.5) is 10.2 Å². The Hall–Kier alpha value is -2.17. The van der Waals surface area contributed by atoms with Crippen LogP contribution in [0.25, 0.3) is 0 Å². The predicted octanol–water partition coefficient (Wildman–Crippen LogP) is 4.50. The highest BCUT2D eigenvalue weighted by atomic mass is 19.1. The lowest BCUT2D eigenvalue weighted by Gasteiger charge is -2.22. The van der Waals surface area contributed by atoms with Gasteiger partial charge in [0.2, 0.25) is 0 Å². The standard InChI is InChI=1S/C19H24FN3O/c1-14-7-9-16(10-8-14)13-24-19-22-12-17(20)18(23-19)21-11-15-5-3-2-4-6-15/h7-10,12,15H,2-6,11,13H2,1H3,(H,21,22,23). The molecule has 1 fully saturated rings. The highest BCUT2D eigenvalue weighted by Crippen LogP contribution is 2.24. The number of nitrogens with zero attached hydrogens (tertiary/aromatic N) is 2. The molecule has 0 radical (unpaired) electrons. The Kier molecular flexibility index (Phi) is 5.62. The van der Waals surface area contributed by atoms with Crippen molar-refractivity contribution < 1.29 is 9.13 Å². The maximum atomic E-state index is 13.9. The molecule has 24 heavy (non-hydrogen) atoms. The molecule has 1 aliphatic rings. The number of rotatable bonds is 6. The fourth-order valence-electron chi connectivity index (χ4n) is 3.01. The van der Waals surface area contributed by atoms with Crippen molar-refractivity contribution in [2.24, 2.45) is 5.92 Å². The van der Waals surface area contributed by atoms with Crippen LogP contribution < -0.4 is 10.1 Å². The summed E-state index contributed by atoms with van der Waals surface area (Å²) in [6, 6.07) is 8.26. The topological polar surface area (TPSA) is 47.0 Å². The molecule has 0 atom stereocenters. The van der Waals surface area contributed by atoms with Crippen molar-refractivity contribution in [2.75, 3.05) is 11.9 Å². The van der Waals surface area contributed by atoms with Crippen molar-refractivity contribution in [3.63, 3.8) is 0 Å². The molecule has 0 aliphatic heterocycles. The lowest BCUT2D eigenvalue weighted by Crippen LogP contribution is -2.18. The van der Waals surface area contributed by atoms with E-state index in [0.29, 0.717) is 12.5 Å². The van der Waals surface area contributed by atoms with Gasteiger partial charge >= 0.3 is 6.01 Å². The summed E-state index contributed by atoms with van der Waals surface area (Å²) in [5.74, 6) is 0.396. The zero-order valence-corrected chi connectivity index (χ0v) is 14.1. The molecular weight excluding hydrogens is 305 g/mol. The van der Waals surface area contributed by atoms with Crippen LogP contribution in [0.2, 0.25) is 0 Å². The van der Waals surface area contributed by atoms with Gasteiger partial charge in [0, 0.05) is 6.54 Å². The van der Waals surface area contributed by atoms with Crippen LogP contribution in [0.5, 0.6) is 6.01 Å². The second-order valence-corrected chi connectivity index (χ2v) is 6.51. The van der Waals surface area contributed by atoms with Crippen molar-refractivity contribution in [3.05, 3.63) is 47.4 Å². The van der Waals surface area contributed by atoms with E-state index in [2.05, 4.69) is 15.3 Å². The maximum Gasteiger partial charge on any atom is 0.318 e. The van der Waals surface area contributed by atoms with Gasteiger partial charge in [-0.25, -0.2) is 9.37 Å². The van der Waals surface area contributed by atoms with Gasteiger partial charge in [0.25, 0.3) is 0 Å². The number of hydrogen-bond donors (Lipinski definition) is 1. The number of nitrogens with one attached hydrogen (secondary N) is 1. The number of halogens is 1. The van der Waals surface area contributed by atoms with Crippen LogP contribution in [0.1, 0.15) is 43.2 Å². The van der Waals surface area contributed by atoms with Crippen LogP contribution in [-0.2, 0) is 6.61 Å². The van der Waals surface area contributed by atoms with Gasteiger partial charge in [-0.1, -0.05) is 49.1 Å². The molecule has 128 valence electrons. The smallest absolute Gasteiger partial charge is 0.318 e. The molecule has 0 bridgehead atoms. The van der Waals surface area contributed by atoms with E-state index in [1.54, 1.807) is 0 Å². The average molecular weight is 329 g/mol. The third-order valence-corrected chi connectivity index (χ3v) is 4.49. The largest absolute Gasteiger partial charge is 0.459 e. The van der Waals surface area contributed by atoms with E-state index >= 15 is 0 Å². The molecule has 1 N–H and O–H groups in total. The van der Waals surface area contributed by atoms with E-state index in [1.807, 2.05) is 31.2 Å². The molecule has 1 aromatic carbocycles. The van der Waals surface area contributed by atoms with Gasteiger partial charge in [0.1, 0.15) is 6.61 Å². The summed E-state index contributed by atoms with van der Waals surface area (Å²) in [6.07, 6.45) is 7.43. The Labute approximate surface area is 142 Å². The molecular formula is C19H24FN3O. The fourth-order valence-corrected chi connectivity index (χ4v) is 3.01. The Bertz CT molecular complexity index is 654. The number of aryl methyl sites for hydroxylation is 1. The van der Waals surface area contributed by atoms with Gasteiger partial charge in [0.05, 0.1) is 6.20 Å². The van der Waals surface area contributed by atoms with Crippen LogP contribution >= 0.6 is 0 Å². The molecule has 0 spiro atoms. The van der Waals surface area contributed by atoms with Crippen molar-refractivity contribution in [3.8, 4) is 6.01 Å². The third-order valence-electron chi connectivity index (χ3n) is 4.49. The van der Waals surface area contributed by atoms with Crippen LogP contribution in [0.3, 0.4) is 0 Å². The lowest BCUT2D eigenvalue weighted by molar-refractivity contribution is 0.279. The minimum atomic E-state index is -0.437. The van der Waals surface area contributed by atoms with Gasteiger partial charge in [-0.05, 0) is 31.2 Å². The summed E-state index contributed by atoms with van der Waals surface area (Å²) in [5.41, 5.74) is 2.23. The first-order valence-corrected chi connectivity index (χ1v) is 8.65. The first-order valence-electron chi connectivity index (χ1n) is 8.65. The summed E-state index contributed by atoms with van der Waals surface area (Å²) in [5, 5.41) is 3.12. The van der Waals surface area contributed by atoms with Crippen molar-refractivity contribution >= 4 is 5.82 Å². The number of hydrogen-bond acceptors (Lipinski definition) is 4. The zero-order chi connectivity index (χ0) is 16.8. The minimum Gasteiger partial charge on any atom is -0.459 e. The first-order chi connectivity index (χ1) is 11.7. The normalized spacial score (nSPS) is 15.2. The van der Waals surface area contributed by atoms with Crippen molar-refractivity contribution in [1.82, 2.24) is 9.97 Å². The van der Waals surface area contributed by atoms with Gasteiger partial charge < -0.3 is 10.1 Å². The maximum absolute atomic E-state index is 13.9. The highest BCUT2D eigenvalue weighted by molar-refractivity contribution is 5.36. The first kappa shape index (κ1) is 16.7. The predicted molar refractivity (Wildman–Crippen MR) is 92.6 cm³/mol. The Morgan fingerprint density at radius 2 is 1.92 bits per heavy atom. The van der Waals surface area contributed by atoms with E-state index in [-0.39, 0.29) is 11.8 Å². The molecule has 1 aliphatic carbocycles. The summed E-state index contributed by atoms with van der Waals surface area (Å²) >= 11 is 0. The third kappa shape index (κ3) is 4.66. The Balaban J connectivity index is 1.57. The molecule has 1 aromatic heterocycles. The van der Waals surface area contributed by atoms with Crippen molar-refractivity contribution in [2.45, 2.75) is 45.6 Å². The molecule has 3 rings (SSSR count). The fraction of sp³-hybridized carbons (Fsp3) is 0.474. The molecule has 0 unspecified atom stereocenters. The Morgan fingerprint density at radius 3 is 2.67 bits per heavy atom. The van der Waals surface area contributed by atoms with E-state index in [1.165, 1.54) is 43.9 Å². The number of ether oxygens (including phenoxy) is 1. The SMILES string of the molecule is Cc1ccc(COc2ncc(F)c(NCC3CCCCC3)n2)cc1. The average Bonchev–Trinajstić information content (AvgIpc) is 2.62. The van der Waals surface area contributed by atoms with Gasteiger partial charge in [-0.15, -0.1) is 0 Å². The van der Waals surface area contributed by atoms with Crippen LogP contribution in [-0.4, -0.2) is 16.5 Å². The summed E-state index contributed by atoms with van der Waals surface area (Å²) in [4.78, 5) is 8.09. The minimum absolute atomic E-state index is 0.197. The summed E-state index contributed by atoms with van der Waals surface area (Å²) in [6.45, 7) is 3.16. The van der Waals surface area contributed by atoms with E-state index < -0.39 is 5.82 Å². The molecule has 1 heterocycles. The highest BCUT2D eigenvalue weighted by Gasteiger charge is 2.15. The van der Waals surface area contributed by atoms with Gasteiger partial charge in [-0.2, -0.15) is 4.98 Å². The van der Waals surface area contributed by atoms with E-state index in [9.17, 15) is 4.39 Å². The molecule has 0 amide bonds. The monoisotopic (exact) mass is 329 g/mol. The van der Waals surface area contributed by atoms with E-state index in [4.69, 9.17) is 4.74 Å². The molecule has 2 aromatic rings. The number of benzene rings is 1.